The maximum absolute atomic E-state index is 12.2. The molecule has 0 fully saturated rings. The number of nitrogens with one attached hydrogen (secondary N) is 1. The number of anilines is 1. The van der Waals surface area contributed by atoms with Gasteiger partial charge in [0.2, 0.25) is 0 Å². The molecule has 0 unspecified atom stereocenters. The van der Waals surface area contributed by atoms with Crippen LogP contribution in [-0.2, 0) is 9.53 Å². The summed E-state index contributed by atoms with van der Waals surface area (Å²) in [5.41, 5.74) is 2.99. The molecule has 0 heterocycles. The lowest BCUT2D eigenvalue weighted by Crippen LogP contribution is -2.20. The number of halogens is 1. The Hall–Kier alpha value is -2.34. The standard InChI is InChI=1S/C23H28BrNO4/c1-4-5-6-7-12-28-23(27)18-8-10-20(11-9-18)25-21(26)15-29-22-16(2)13-19(24)14-17(22)3/h8-11,13-14H,4-7,12,15H2,1-3H3,(H,25,26). The second kappa shape index (κ2) is 11.6. The topological polar surface area (TPSA) is 64.6 Å². The van der Waals surface area contributed by atoms with E-state index in [1.54, 1.807) is 24.3 Å². The van der Waals surface area contributed by atoms with Crippen molar-refractivity contribution in [2.45, 2.75) is 46.5 Å². The van der Waals surface area contributed by atoms with Gasteiger partial charge in [0.05, 0.1) is 12.2 Å². The maximum atomic E-state index is 12.2. The second-order valence-corrected chi connectivity index (χ2v) is 7.90. The van der Waals surface area contributed by atoms with Crippen LogP contribution in [0.1, 0.15) is 54.1 Å². The van der Waals surface area contributed by atoms with Gasteiger partial charge in [0.25, 0.3) is 5.91 Å². The Labute approximate surface area is 180 Å². The van der Waals surface area contributed by atoms with Crippen molar-refractivity contribution in [1.29, 1.82) is 0 Å². The maximum Gasteiger partial charge on any atom is 0.338 e. The highest BCUT2D eigenvalue weighted by molar-refractivity contribution is 9.10. The van der Waals surface area contributed by atoms with Crippen LogP contribution in [0.25, 0.3) is 0 Å². The molecule has 0 radical (unpaired) electrons. The van der Waals surface area contributed by atoms with Gasteiger partial charge >= 0.3 is 5.97 Å². The molecule has 0 atom stereocenters. The highest BCUT2D eigenvalue weighted by Crippen LogP contribution is 2.27. The predicted octanol–water partition coefficient (Wildman–Crippen LogP) is 5.82. The van der Waals surface area contributed by atoms with Gasteiger partial charge in [-0.2, -0.15) is 0 Å². The summed E-state index contributed by atoms with van der Waals surface area (Å²) in [6, 6.07) is 10.6. The summed E-state index contributed by atoms with van der Waals surface area (Å²) in [7, 11) is 0. The van der Waals surface area contributed by atoms with Gasteiger partial charge in [-0.15, -0.1) is 0 Å². The first kappa shape index (κ1) is 22.9. The summed E-state index contributed by atoms with van der Waals surface area (Å²) in [4.78, 5) is 24.2. The Balaban J connectivity index is 1.81. The number of ether oxygens (including phenoxy) is 2. The van der Waals surface area contributed by atoms with Gasteiger partial charge in [0.15, 0.2) is 6.61 Å². The van der Waals surface area contributed by atoms with Gasteiger partial charge in [0.1, 0.15) is 5.75 Å². The van der Waals surface area contributed by atoms with Crippen LogP contribution in [0, 0.1) is 13.8 Å². The molecule has 2 aromatic carbocycles. The third-order valence-corrected chi connectivity index (χ3v) is 4.87. The molecule has 6 heteroatoms. The van der Waals surface area contributed by atoms with Crippen molar-refractivity contribution in [1.82, 2.24) is 0 Å². The van der Waals surface area contributed by atoms with E-state index in [2.05, 4.69) is 28.2 Å². The van der Waals surface area contributed by atoms with E-state index < -0.39 is 0 Å². The number of hydrogen-bond acceptors (Lipinski definition) is 4. The second-order valence-electron chi connectivity index (χ2n) is 6.98. The van der Waals surface area contributed by atoms with E-state index in [-0.39, 0.29) is 18.5 Å². The van der Waals surface area contributed by atoms with Crippen LogP contribution in [-0.4, -0.2) is 25.1 Å². The molecular weight excluding hydrogens is 434 g/mol. The number of rotatable bonds is 10. The minimum absolute atomic E-state index is 0.0924. The Kier molecular flexibility index (Phi) is 9.19. The highest BCUT2D eigenvalue weighted by Gasteiger charge is 2.10. The zero-order valence-electron chi connectivity index (χ0n) is 17.2. The van der Waals surface area contributed by atoms with E-state index in [4.69, 9.17) is 9.47 Å². The average Bonchev–Trinajstić information content (AvgIpc) is 2.67. The van der Waals surface area contributed by atoms with E-state index in [1.165, 1.54) is 0 Å². The number of benzene rings is 2. The Morgan fingerprint density at radius 2 is 1.66 bits per heavy atom. The molecular formula is C23H28BrNO4. The Morgan fingerprint density at radius 3 is 2.28 bits per heavy atom. The van der Waals surface area contributed by atoms with Gasteiger partial charge in [0, 0.05) is 10.2 Å². The fraction of sp³-hybridized carbons (Fsp3) is 0.391. The number of unbranched alkanes of at least 4 members (excludes halogenated alkanes) is 3. The van der Waals surface area contributed by atoms with Crippen molar-refractivity contribution >= 4 is 33.5 Å². The molecule has 0 saturated heterocycles. The first-order valence-electron chi connectivity index (χ1n) is 9.87. The molecule has 29 heavy (non-hydrogen) atoms. The molecule has 0 bridgehead atoms. The molecule has 5 nitrogen and oxygen atoms in total. The number of aryl methyl sites for hydroxylation is 2. The zero-order chi connectivity index (χ0) is 21.2. The fourth-order valence-electron chi connectivity index (χ4n) is 2.93. The zero-order valence-corrected chi connectivity index (χ0v) is 18.8. The normalized spacial score (nSPS) is 10.5. The fourth-order valence-corrected chi connectivity index (χ4v) is 3.61. The van der Waals surface area contributed by atoms with Crippen molar-refractivity contribution in [3.05, 3.63) is 57.6 Å². The van der Waals surface area contributed by atoms with E-state index in [0.29, 0.717) is 23.6 Å². The number of hydrogen-bond donors (Lipinski definition) is 1. The van der Waals surface area contributed by atoms with Crippen LogP contribution in [0.3, 0.4) is 0 Å². The molecule has 0 saturated carbocycles. The monoisotopic (exact) mass is 461 g/mol. The van der Waals surface area contributed by atoms with Crippen molar-refractivity contribution in [2.75, 3.05) is 18.5 Å². The summed E-state index contributed by atoms with van der Waals surface area (Å²) in [5, 5.41) is 2.77. The predicted molar refractivity (Wildman–Crippen MR) is 119 cm³/mol. The summed E-state index contributed by atoms with van der Waals surface area (Å²) in [5.74, 6) is 0.0993. The lowest BCUT2D eigenvalue weighted by Gasteiger charge is -2.13. The first-order chi connectivity index (χ1) is 13.9. The minimum Gasteiger partial charge on any atom is -0.483 e. The summed E-state index contributed by atoms with van der Waals surface area (Å²) in [6.45, 7) is 6.36. The van der Waals surface area contributed by atoms with Crippen LogP contribution in [0.2, 0.25) is 0 Å². The molecule has 0 aliphatic heterocycles. The number of carbonyl (C=O) groups is 2. The minimum atomic E-state index is -0.344. The molecule has 1 N–H and O–H groups in total. The molecule has 0 aliphatic carbocycles. The number of esters is 1. The SMILES string of the molecule is CCCCCCOC(=O)c1ccc(NC(=O)COc2c(C)cc(Br)cc2C)cc1. The van der Waals surface area contributed by atoms with Crippen LogP contribution in [0.15, 0.2) is 40.9 Å². The van der Waals surface area contributed by atoms with Crippen molar-refractivity contribution < 1.29 is 19.1 Å². The molecule has 0 aromatic heterocycles. The van der Waals surface area contributed by atoms with Crippen LogP contribution in [0.5, 0.6) is 5.75 Å². The Morgan fingerprint density at radius 1 is 1.00 bits per heavy atom. The summed E-state index contributed by atoms with van der Waals surface area (Å²) < 4.78 is 11.9. The van der Waals surface area contributed by atoms with E-state index in [9.17, 15) is 9.59 Å². The van der Waals surface area contributed by atoms with E-state index >= 15 is 0 Å². The molecule has 1 amide bonds. The third-order valence-electron chi connectivity index (χ3n) is 4.41. The van der Waals surface area contributed by atoms with Crippen molar-refractivity contribution in [3.8, 4) is 5.75 Å². The molecule has 156 valence electrons. The molecule has 0 aliphatic rings. The van der Waals surface area contributed by atoms with Crippen molar-refractivity contribution in [2.24, 2.45) is 0 Å². The number of amides is 1. The van der Waals surface area contributed by atoms with E-state index in [0.717, 1.165) is 41.3 Å². The lowest BCUT2D eigenvalue weighted by atomic mass is 10.1. The first-order valence-corrected chi connectivity index (χ1v) is 10.7. The van der Waals surface area contributed by atoms with Crippen LogP contribution < -0.4 is 10.1 Å². The summed E-state index contributed by atoms with van der Waals surface area (Å²) >= 11 is 3.44. The van der Waals surface area contributed by atoms with Crippen LogP contribution in [0.4, 0.5) is 5.69 Å². The van der Waals surface area contributed by atoms with Crippen molar-refractivity contribution in [3.63, 3.8) is 0 Å². The number of carbonyl (C=O) groups excluding carboxylic acids is 2. The van der Waals surface area contributed by atoms with Gasteiger partial charge in [-0.1, -0.05) is 42.1 Å². The van der Waals surface area contributed by atoms with Crippen LogP contribution >= 0.6 is 15.9 Å². The van der Waals surface area contributed by atoms with Gasteiger partial charge in [-0.3, -0.25) is 4.79 Å². The van der Waals surface area contributed by atoms with Gasteiger partial charge in [-0.25, -0.2) is 4.79 Å². The highest BCUT2D eigenvalue weighted by atomic mass is 79.9. The lowest BCUT2D eigenvalue weighted by molar-refractivity contribution is -0.118. The Bertz CT molecular complexity index is 810. The summed E-state index contributed by atoms with van der Waals surface area (Å²) in [6.07, 6.45) is 4.24. The quantitative estimate of drug-likeness (QED) is 0.357. The van der Waals surface area contributed by atoms with Gasteiger partial charge in [-0.05, 0) is 67.8 Å². The molecule has 0 spiro atoms. The largest absolute Gasteiger partial charge is 0.483 e. The molecule has 2 rings (SSSR count). The average molecular weight is 462 g/mol. The van der Waals surface area contributed by atoms with Gasteiger partial charge < -0.3 is 14.8 Å². The smallest absolute Gasteiger partial charge is 0.338 e. The third kappa shape index (κ3) is 7.54. The molecule has 2 aromatic rings. The van der Waals surface area contributed by atoms with E-state index in [1.807, 2.05) is 26.0 Å².